The second-order valence-electron chi connectivity index (χ2n) is 7.99. The van der Waals surface area contributed by atoms with Gasteiger partial charge in [-0.2, -0.15) is 4.98 Å². The van der Waals surface area contributed by atoms with Crippen LogP contribution in [0.1, 0.15) is 12.8 Å². The zero-order valence-corrected chi connectivity index (χ0v) is 17.8. The number of fused-ring (bicyclic) bond motifs is 1. The van der Waals surface area contributed by atoms with Gasteiger partial charge in [-0.1, -0.05) is 12.2 Å². The highest BCUT2D eigenvalue weighted by Crippen LogP contribution is 2.37. The van der Waals surface area contributed by atoms with Crippen molar-refractivity contribution in [1.29, 1.82) is 0 Å². The van der Waals surface area contributed by atoms with Gasteiger partial charge in [-0.15, -0.1) is 0 Å². The van der Waals surface area contributed by atoms with E-state index in [1.807, 2.05) is 31.5 Å². The van der Waals surface area contributed by atoms with Crippen molar-refractivity contribution in [2.45, 2.75) is 18.9 Å². The molecule has 1 saturated heterocycles. The molecule has 1 atom stereocenters. The van der Waals surface area contributed by atoms with E-state index in [2.05, 4.69) is 32.7 Å². The van der Waals surface area contributed by atoms with Crippen molar-refractivity contribution in [2.24, 2.45) is 5.41 Å². The standard InChI is InChI=1S/C22H30N6O2/c1-28(14-22(7-10-24-11-8-22)19-6-4-5-9-25-19)21-26-16-13-18(30-3)17(29-2)12-15(16)20(23)27-21/h4-6,9,12-13,19,24-25H,7-8,10-11,14H2,1-3H3,(H2,23,26,27). The Kier molecular flexibility index (Phi) is 5.67. The maximum absolute atomic E-state index is 6.30. The Bertz CT molecular complexity index is 968. The topological polar surface area (TPSA) is 97.6 Å². The van der Waals surface area contributed by atoms with Crippen LogP contribution in [0.5, 0.6) is 11.5 Å². The molecule has 0 radical (unpaired) electrons. The minimum absolute atomic E-state index is 0.0753. The van der Waals surface area contributed by atoms with E-state index in [9.17, 15) is 0 Å². The van der Waals surface area contributed by atoms with E-state index in [4.69, 9.17) is 20.2 Å². The summed E-state index contributed by atoms with van der Waals surface area (Å²) in [5.74, 6) is 2.27. The lowest BCUT2D eigenvalue weighted by molar-refractivity contribution is 0.171. The minimum Gasteiger partial charge on any atom is -0.493 e. The zero-order chi connectivity index (χ0) is 21.1. The van der Waals surface area contributed by atoms with Gasteiger partial charge in [0.15, 0.2) is 11.5 Å². The first-order valence-electron chi connectivity index (χ1n) is 10.3. The lowest BCUT2D eigenvalue weighted by atomic mass is 9.71. The molecule has 8 nitrogen and oxygen atoms in total. The second-order valence-corrected chi connectivity index (χ2v) is 7.99. The predicted octanol–water partition coefficient (Wildman–Crippen LogP) is 2.08. The molecule has 30 heavy (non-hydrogen) atoms. The van der Waals surface area contributed by atoms with Gasteiger partial charge in [-0.25, -0.2) is 4.98 Å². The molecule has 4 rings (SSSR count). The van der Waals surface area contributed by atoms with Crippen molar-refractivity contribution in [3.63, 3.8) is 0 Å². The summed E-state index contributed by atoms with van der Waals surface area (Å²) < 4.78 is 10.8. The van der Waals surface area contributed by atoms with E-state index in [0.717, 1.165) is 43.4 Å². The van der Waals surface area contributed by atoms with E-state index < -0.39 is 0 Å². The molecule has 1 unspecified atom stereocenters. The van der Waals surface area contributed by atoms with Crippen molar-refractivity contribution >= 4 is 22.7 Å². The fourth-order valence-electron chi connectivity index (χ4n) is 4.50. The zero-order valence-electron chi connectivity index (χ0n) is 17.8. The molecule has 1 aromatic heterocycles. The molecule has 0 saturated carbocycles. The predicted molar refractivity (Wildman–Crippen MR) is 120 cm³/mol. The highest BCUT2D eigenvalue weighted by atomic mass is 16.5. The normalized spacial score (nSPS) is 20.0. The van der Waals surface area contributed by atoms with Gasteiger partial charge in [0.25, 0.3) is 0 Å². The third-order valence-electron chi connectivity index (χ3n) is 6.16. The van der Waals surface area contributed by atoms with Crippen LogP contribution in [0.15, 0.2) is 36.6 Å². The van der Waals surface area contributed by atoms with Crippen molar-refractivity contribution in [3.05, 3.63) is 36.6 Å². The fourth-order valence-corrected chi connectivity index (χ4v) is 4.50. The Labute approximate surface area is 177 Å². The van der Waals surface area contributed by atoms with Gasteiger partial charge in [-0.3, -0.25) is 0 Å². The summed E-state index contributed by atoms with van der Waals surface area (Å²) in [6.07, 6.45) is 10.6. The number of nitrogens with zero attached hydrogens (tertiary/aromatic N) is 3. The number of nitrogen functional groups attached to an aromatic ring is 1. The van der Waals surface area contributed by atoms with Crippen LogP contribution in [-0.4, -0.2) is 56.9 Å². The van der Waals surface area contributed by atoms with Crippen LogP contribution in [0, 0.1) is 5.41 Å². The maximum atomic E-state index is 6.30. The minimum atomic E-state index is 0.0753. The Morgan fingerprint density at radius 3 is 2.53 bits per heavy atom. The molecule has 8 heteroatoms. The van der Waals surface area contributed by atoms with Gasteiger partial charge in [-0.05, 0) is 44.3 Å². The van der Waals surface area contributed by atoms with Crippen molar-refractivity contribution in [1.82, 2.24) is 20.6 Å². The van der Waals surface area contributed by atoms with Crippen LogP contribution in [0.3, 0.4) is 0 Å². The number of benzene rings is 1. The second kappa shape index (κ2) is 8.39. The summed E-state index contributed by atoms with van der Waals surface area (Å²) in [7, 11) is 5.25. The number of piperidine rings is 1. The molecule has 0 aliphatic carbocycles. The Morgan fingerprint density at radius 2 is 1.87 bits per heavy atom. The SMILES string of the molecule is COc1cc2nc(N(C)CC3(C4C=CC=CN4)CCNCC3)nc(N)c2cc1OC. The van der Waals surface area contributed by atoms with Crippen LogP contribution >= 0.6 is 0 Å². The molecule has 160 valence electrons. The number of hydrogen-bond donors (Lipinski definition) is 3. The molecule has 2 aliphatic heterocycles. The summed E-state index contributed by atoms with van der Waals surface area (Å²) in [5, 5.41) is 7.77. The number of anilines is 2. The number of rotatable bonds is 6. The van der Waals surface area contributed by atoms with E-state index in [-0.39, 0.29) is 11.5 Å². The number of methoxy groups -OCH3 is 2. The molecule has 1 aromatic carbocycles. The monoisotopic (exact) mass is 410 g/mol. The summed E-state index contributed by atoms with van der Waals surface area (Å²) in [6, 6.07) is 3.94. The summed E-state index contributed by atoms with van der Waals surface area (Å²) in [6.45, 7) is 2.82. The Balaban J connectivity index is 1.66. The van der Waals surface area contributed by atoms with Gasteiger partial charge in [0, 0.05) is 30.5 Å². The number of ether oxygens (including phenoxy) is 2. The molecule has 0 bridgehead atoms. The number of dihydropyridines is 1. The first-order valence-corrected chi connectivity index (χ1v) is 10.3. The van der Waals surface area contributed by atoms with Gasteiger partial charge < -0.3 is 30.7 Å². The molecule has 2 aliphatic rings. The molecule has 1 fully saturated rings. The van der Waals surface area contributed by atoms with Crippen LogP contribution in [0.25, 0.3) is 10.9 Å². The van der Waals surface area contributed by atoms with Crippen molar-refractivity contribution < 1.29 is 9.47 Å². The summed E-state index contributed by atoms with van der Waals surface area (Å²) in [5.41, 5.74) is 7.11. The third kappa shape index (κ3) is 3.75. The quantitative estimate of drug-likeness (QED) is 0.666. The smallest absolute Gasteiger partial charge is 0.227 e. The molecular weight excluding hydrogens is 380 g/mol. The number of nitrogens with one attached hydrogen (secondary N) is 2. The van der Waals surface area contributed by atoms with Gasteiger partial charge in [0.2, 0.25) is 5.95 Å². The molecule has 0 spiro atoms. The molecule has 4 N–H and O–H groups in total. The van der Waals surface area contributed by atoms with E-state index in [1.165, 1.54) is 0 Å². The Hall–Kier alpha value is -3.00. The fraction of sp³-hybridized carbons (Fsp3) is 0.455. The number of aromatic nitrogens is 2. The van der Waals surface area contributed by atoms with E-state index in [1.54, 1.807) is 14.2 Å². The lowest BCUT2D eigenvalue weighted by Crippen LogP contribution is -2.54. The summed E-state index contributed by atoms with van der Waals surface area (Å²) in [4.78, 5) is 11.5. The van der Waals surface area contributed by atoms with Crippen LogP contribution in [-0.2, 0) is 0 Å². The first kappa shape index (κ1) is 20.3. The molecule has 2 aromatic rings. The van der Waals surface area contributed by atoms with Crippen LogP contribution in [0.4, 0.5) is 11.8 Å². The van der Waals surface area contributed by atoms with Crippen molar-refractivity contribution in [3.8, 4) is 11.5 Å². The molecular formula is C22H30N6O2. The Morgan fingerprint density at radius 1 is 1.13 bits per heavy atom. The van der Waals surface area contributed by atoms with Gasteiger partial charge in [0.1, 0.15) is 5.82 Å². The third-order valence-corrected chi connectivity index (χ3v) is 6.16. The van der Waals surface area contributed by atoms with Crippen LogP contribution < -0.4 is 30.7 Å². The highest BCUT2D eigenvalue weighted by molar-refractivity contribution is 5.91. The highest BCUT2D eigenvalue weighted by Gasteiger charge is 2.40. The van der Waals surface area contributed by atoms with Crippen molar-refractivity contribution in [2.75, 3.05) is 51.5 Å². The van der Waals surface area contributed by atoms with Crippen LogP contribution in [0.2, 0.25) is 0 Å². The lowest BCUT2D eigenvalue weighted by Gasteiger charge is -2.45. The first-order chi connectivity index (χ1) is 14.6. The van der Waals surface area contributed by atoms with E-state index in [0.29, 0.717) is 23.3 Å². The number of nitrogens with two attached hydrogens (primary N) is 1. The molecule has 0 amide bonds. The average molecular weight is 411 g/mol. The average Bonchev–Trinajstić information content (AvgIpc) is 2.79. The summed E-state index contributed by atoms with van der Waals surface area (Å²) >= 11 is 0. The number of allylic oxidation sites excluding steroid dienone is 2. The largest absolute Gasteiger partial charge is 0.493 e. The maximum Gasteiger partial charge on any atom is 0.227 e. The van der Waals surface area contributed by atoms with Gasteiger partial charge in [0.05, 0.1) is 25.8 Å². The number of hydrogen-bond acceptors (Lipinski definition) is 8. The molecule has 3 heterocycles. The van der Waals surface area contributed by atoms with E-state index >= 15 is 0 Å². The van der Waals surface area contributed by atoms with Gasteiger partial charge >= 0.3 is 0 Å².